The fourth-order valence-corrected chi connectivity index (χ4v) is 3.09. The fraction of sp³-hybridized carbons (Fsp3) is 0.304. The van der Waals surface area contributed by atoms with Crippen LogP contribution in [0, 0.1) is 0 Å². The van der Waals surface area contributed by atoms with E-state index in [4.69, 9.17) is 14.2 Å². The molecule has 0 aliphatic heterocycles. The average Bonchev–Trinajstić information content (AvgIpc) is 2.85. The van der Waals surface area contributed by atoms with Crippen molar-refractivity contribution in [3.8, 4) is 23.1 Å². The molecular weight excluding hydrogens is 455 g/mol. The number of nitrogens with zero attached hydrogens (tertiary/aromatic N) is 2. The van der Waals surface area contributed by atoms with Crippen LogP contribution in [0.2, 0.25) is 0 Å². The first-order valence-corrected chi connectivity index (χ1v) is 10.1. The number of alkyl halides is 3. The Hall–Kier alpha value is -3.89. The van der Waals surface area contributed by atoms with E-state index in [0.717, 1.165) is 18.2 Å². The number of ether oxygens (including phenoxy) is 4. The number of rotatable bonds is 11. The Labute approximate surface area is 193 Å². The van der Waals surface area contributed by atoms with Gasteiger partial charge in [-0.2, -0.15) is 13.8 Å². The lowest BCUT2D eigenvalue weighted by molar-refractivity contribution is -0.187. The summed E-state index contributed by atoms with van der Waals surface area (Å²) in [5, 5.41) is 0. The molecule has 0 aliphatic carbocycles. The number of anilines is 1. The van der Waals surface area contributed by atoms with Crippen molar-refractivity contribution in [3.05, 3.63) is 70.0 Å². The number of nitrogens with one attached hydrogen (secondary N) is 1. The van der Waals surface area contributed by atoms with Crippen LogP contribution < -0.4 is 29.4 Å². The van der Waals surface area contributed by atoms with Gasteiger partial charge in [0.05, 0.1) is 21.3 Å². The highest BCUT2D eigenvalue weighted by molar-refractivity contribution is 5.42. The van der Waals surface area contributed by atoms with Crippen LogP contribution in [-0.2, 0) is 13.1 Å². The second-order valence-corrected chi connectivity index (χ2v) is 7.15. The summed E-state index contributed by atoms with van der Waals surface area (Å²) in [7, 11) is 4.26. The van der Waals surface area contributed by atoms with E-state index in [9.17, 15) is 18.0 Å². The smallest absolute Gasteiger partial charge is 0.427 e. The summed E-state index contributed by atoms with van der Waals surface area (Å²) < 4.78 is 59.0. The van der Waals surface area contributed by atoms with Crippen molar-refractivity contribution < 1.29 is 32.1 Å². The molecule has 34 heavy (non-hydrogen) atoms. The molecule has 0 saturated carbocycles. The normalized spacial score (nSPS) is 11.1. The number of hydrogen-bond donors (Lipinski definition) is 1. The number of methoxy groups -OCH3 is 3. The summed E-state index contributed by atoms with van der Waals surface area (Å²) in [5.74, 6) is -0.0172. The lowest BCUT2D eigenvalue weighted by atomic mass is 10.1. The first-order chi connectivity index (χ1) is 16.3. The van der Waals surface area contributed by atoms with Gasteiger partial charge in [0.15, 0.2) is 6.67 Å². The van der Waals surface area contributed by atoms with Crippen molar-refractivity contribution in [2.75, 3.05) is 32.9 Å². The molecule has 11 heteroatoms. The topological polar surface area (TPSA) is 85.9 Å². The lowest BCUT2D eigenvalue weighted by Gasteiger charge is -2.25. The predicted molar refractivity (Wildman–Crippen MR) is 119 cm³/mol. The van der Waals surface area contributed by atoms with Crippen LogP contribution in [0.1, 0.15) is 11.1 Å². The molecule has 1 N–H and O–H groups in total. The predicted octanol–water partition coefficient (Wildman–Crippen LogP) is 3.94. The average molecular weight is 479 g/mol. The first kappa shape index (κ1) is 24.7. The number of aromatic amines is 1. The van der Waals surface area contributed by atoms with E-state index >= 15 is 0 Å². The van der Waals surface area contributed by atoms with Crippen LogP contribution in [0.3, 0.4) is 0 Å². The first-order valence-electron chi connectivity index (χ1n) is 10.1. The number of aromatic nitrogens is 2. The Kier molecular flexibility index (Phi) is 7.87. The van der Waals surface area contributed by atoms with Crippen LogP contribution in [-0.4, -0.2) is 44.1 Å². The van der Waals surface area contributed by atoms with E-state index in [2.05, 4.69) is 14.7 Å². The van der Waals surface area contributed by atoms with Crippen LogP contribution in [0.25, 0.3) is 0 Å². The van der Waals surface area contributed by atoms with Crippen LogP contribution in [0.15, 0.2) is 53.3 Å². The second-order valence-electron chi connectivity index (χ2n) is 7.15. The van der Waals surface area contributed by atoms with Gasteiger partial charge >= 0.3 is 6.11 Å². The molecule has 0 saturated heterocycles. The van der Waals surface area contributed by atoms with Crippen molar-refractivity contribution in [1.29, 1.82) is 0 Å². The molecule has 1 aromatic heterocycles. The molecule has 3 aromatic rings. The Balaban J connectivity index is 1.99. The quantitative estimate of drug-likeness (QED) is 0.446. The molecule has 0 atom stereocenters. The van der Waals surface area contributed by atoms with Gasteiger partial charge in [-0.15, -0.1) is 0 Å². The zero-order valence-electron chi connectivity index (χ0n) is 18.8. The van der Waals surface area contributed by atoms with E-state index in [1.54, 1.807) is 43.4 Å². The minimum atomic E-state index is -4.20. The summed E-state index contributed by atoms with van der Waals surface area (Å²) in [6.45, 7) is -1.52. The molecule has 0 unspecified atom stereocenters. The highest BCUT2D eigenvalue weighted by atomic mass is 19.3. The number of halogens is 3. The fourth-order valence-electron chi connectivity index (χ4n) is 3.09. The maximum Gasteiger partial charge on any atom is 0.427 e. The molecule has 2 aromatic carbocycles. The van der Waals surface area contributed by atoms with Crippen molar-refractivity contribution in [2.45, 2.75) is 19.2 Å². The molecule has 182 valence electrons. The Morgan fingerprint density at radius 1 is 0.882 bits per heavy atom. The molecule has 0 aliphatic rings. The minimum absolute atomic E-state index is 0.0457. The summed E-state index contributed by atoms with van der Waals surface area (Å²) in [4.78, 5) is 20.9. The summed E-state index contributed by atoms with van der Waals surface area (Å²) in [5.41, 5.74) is 0.685. The van der Waals surface area contributed by atoms with E-state index in [1.807, 2.05) is 24.3 Å². The van der Waals surface area contributed by atoms with E-state index in [0.29, 0.717) is 24.6 Å². The SMILES string of the molecule is COc1ccc(CN(Cc2ccc(OC)cc2)c2nc(OC)c(OC(F)(F)CF)c(=O)[nH]2)cc1. The third kappa shape index (κ3) is 6.12. The van der Waals surface area contributed by atoms with Gasteiger partial charge in [-0.25, -0.2) is 4.39 Å². The Morgan fingerprint density at radius 3 is 1.79 bits per heavy atom. The minimum Gasteiger partial charge on any atom is -0.497 e. The van der Waals surface area contributed by atoms with Crippen LogP contribution in [0.5, 0.6) is 23.1 Å². The third-order valence-corrected chi connectivity index (χ3v) is 4.80. The molecular formula is C23H24F3N3O5. The number of hydrogen-bond acceptors (Lipinski definition) is 7. The van der Waals surface area contributed by atoms with Gasteiger partial charge in [0.2, 0.25) is 5.95 Å². The van der Waals surface area contributed by atoms with Crippen LogP contribution >= 0.6 is 0 Å². The van der Waals surface area contributed by atoms with Gasteiger partial charge in [-0.05, 0) is 35.4 Å². The molecule has 0 fully saturated rings. The largest absolute Gasteiger partial charge is 0.497 e. The molecule has 0 spiro atoms. The molecule has 3 rings (SSSR count). The Bertz CT molecular complexity index is 1090. The van der Waals surface area contributed by atoms with Gasteiger partial charge in [0.25, 0.3) is 17.2 Å². The van der Waals surface area contributed by atoms with Crippen molar-refractivity contribution in [2.24, 2.45) is 0 Å². The van der Waals surface area contributed by atoms with E-state index < -0.39 is 30.0 Å². The maximum atomic E-state index is 13.4. The Morgan fingerprint density at radius 2 is 1.38 bits per heavy atom. The molecule has 0 radical (unpaired) electrons. The number of H-pyrrole nitrogens is 1. The van der Waals surface area contributed by atoms with Crippen molar-refractivity contribution in [3.63, 3.8) is 0 Å². The highest BCUT2D eigenvalue weighted by Crippen LogP contribution is 2.29. The van der Waals surface area contributed by atoms with Crippen molar-refractivity contribution in [1.82, 2.24) is 9.97 Å². The lowest BCUT2D eigenvalue weighted by Crippen LogP contribution is -2.32. The van der Waals surface area contributed by atoms with Gasteiger partial charge in [0.1, 0.15) is 11.5 Å². The summed E-state index contributed by atoms with van der Waals surface area (Å²) in [6.07, 6.45) is -4.20. The summed E-state index contributed by atoms with van der Waals surface area (Å²) in [6, 6.07) is 14.5. The van der Waals surface area contributed by atoms with Crippen LogP contribution in [0.4, 0.5) is 19.1 Å². The van der Waals surface area contributed by atoms with Gasteiger partial charge in [-0.1, -0.05) is 24.3 Å². The van der Waals surface area contributed by atoms with Crippen molar-refractivity contribution >= 4 is 5.95 Å². The molecule has 8 nitrogen and oxygen atoms in total. The monoisotopic (exact) mass is 479 g/mol. The molecule has 0 bridgehead atoms. The van der Waals surface area contributed by atoms with E-state index in [-0.39, 0.29) is 5.95 Å². The van der Waals surface area contributed by atoms with E-state index in [1.165, 1.54) is 0 Å². The highest BCUT2D eigenvalue weighted by Gasteiger charge is 2.35. The standard InChI is InChI=1S/C23H24F3N3O5/c1-31-17-8-4-15(5-9-17)12-29(13-16-6-10-18(32-2)11-7-16)22-27-20(30)19(21(28-22)33-3)34-23(25,26)14-24/h4-11H,12-14H2,1-3H3,(H,27,28,30). The van der Waals surface area contributed by atoms with Gasteiger partial charge < -0.3 is 23.8 Å². The number of benzene rings is 2. The molecule has 1 heterocycles. The molecule has 0 amide bonds. The summed E-state index contributed by atoms with van der Waals surface area (Å²) >= 11 is 0. The van der Waals surface area contributed by atoms with Gasteiger partial charge in [-0.3, -0.25) is 9.78 Å². The van der Waals surface area contributed by atoms with Gasteiger partial charge in [0, 0.05) is 13.1 Å². The maximum absolute atomic E-state index is 13.4. The zero-order chi connectivity index (χ0) is 24.7. The second kappa shape index (κ2) is 10.8. The zero-order valence-corrected chi connectivity index (χ0v) is 18.8. The third-order valence-electron chi connectivity index (χ3n) is 4.80.